The fraction of sp³-hybridized carbons (Fsp3) is 0.480. The number of aryl methyl sites for hydroxylation is 1. The molecule has 0 unspecified atom stereocenters. The van der Waals surface area contributed by atoms with Gasteiger partial charge in [-0.2, -0.15) is 15.8 Å². The minimum Gasteiger partial charge on any atom is -0.399 e. The first-order chi connectivity index (χ1) is 13.7. The minimum absolute atomic E-state index is 0.0818. The first-order valence-electron chi connectivity index (χ1n) is 10.3. The lowest BCUT2D eigenvalue weighted by atomic mass is 9.55. The Labute approximate surface area is 173 Å². The molecule has 0 fully saturated rings. The maximum atomic E-state index is 10.0. The molecule has 0 amide bonds. The molecule has 2 N–H and O–H groups in total. The van der Waals surface area contributed by atoms with E-state index in [1.807, 2.05) is 0 Å². The summed E-state index contributed by atoms with van der Waals surface area (Å²) in [6, 6.07) is 14.9. The summed E-state index contributed by atoms with van der Waals surface area (Å²) in [6.07, 6.45) is 4.65. The zero-order valence-corrected chi connectivity index (χ0v) is 17.7. The Hall–Kier alpha value is -3.03. The van der Waals surface area contributed by atoms with Crippen LogP contribution in [-0.4, -0.2) is 0 Å². The second-order valence-electron chi connectivity index (χ2n) is 9.29. The molecule has 0 radical (unpaired) electrons. The molecule has 0 saturated heterocycles. The highest BCUT2D eigenvalue weighted by molar-refractivity contribution is 5.58. The molecule has 0 bridgehead atoms. The third kappa shape index (κ3) is 3.22. The lowest BCUT2D eigenvalue weighted by Gasteiger charge is -2.46. The van der Waals surface area contributed by atoms with E-state index in [9.17, 15) is 15.8 Å². The van der Waals surface area contributed by atoms with E-state index >= 15 is 0 Å². The van der Waals surface area contributed by atoms with Gasteiger partial charge < -0.3 is 5.73 Å². The second kappa shape index (κ2) is 7.42. The first-order valence-corrected chi connectivity index (χ1v) is 10.3. The zero-order valence-electron chi connectivity index (χ0n) is 17.7. The molecule has 2 aliphatic carbocycles. The van der Waals surface area contributed by atoms with Crippen molar-refractivity contribution in [1.82, 2.24) is 0 Å². The summed E-state index contributed by atoms with van der Waals surface area (Å²) in [5.74, 6) is 0.0989. The van der Waals surface area contributed by atoms with Crippen LogP contribution in [0.1, 0.15) is 57.6 Å². The first kappa shape index (κ1) is 20.7. The Morgan fingerprint density at radius 2 is 1.72 bits per heavy atom. The van der Waals surface area contributed by atoms with E-state index in [0.29, 0.717) is 11.5 Å². The van der Waals surface area contributed by atoms with Crippen molar-refractivity contribution in [3.05, 3.63) is 58.3 Å². The number of benzene rings is 1. The van der Waals surface area contributed by atoms with E-state index in [1.165, 1.54) is 5.56 Å². The van der Waals surface area contributed by atoms with Gasteiger partial charge in [-0.1, -0.05) is 58.0 Å². The fourth-order valence-corrected chi connectivity index (χ4v) is 4.89. The predicted octanol–water partition coefficient (Wildman–Crippen LogP) is 5.11. The molecule has 0 spiro atoms. The molecule has 4 nitrogen and oxygen atoms in total. The van der Waals surface area contributed by atoms with Crippen molar-refractivity contribution in [2.75, 3.05) is 0 Å². The highest BCUT2D eigenvalue weighted by Crippen LogP contribution is 2.57. The van der Waals surface area contributed by atoms with Crippen molar-refractivity contribution in [3.63, 3.8) is 0 Å². The average Bonchev–Trinajstić information content (AvgIpc) is 2.72. The number of hydrogen-bond acceptors (Lipinski definition) is 4. The molecular formula is C25H28N4. The molecule has 29 heavy (non-hydrogen) atoms. The van der Waals surface area contributed by atoms with Crippen LogP contribution in [0.25, 0.3) is 0 Å². The number of allylic oxidation sites excluding steroid dienone is 3. The van der Waals surface area contributed by atoms with Gasteiger partial charge in [0.05, 0.1) is 29.5 Å². The van der Waals surface area contributed by atoms with Crippen LogP contribution in [-0.2, 0) is 6.42 Å². The van der Waals surface area contributed by atoms with Gasteiger partial charge in [-0.05, 0) is 53.2 Å². The lowest BCUT2D eigenvalue weighted by Crippen LogP contribution is -2.43. The Kier molecular flexibility index (Phi) is 5.30. The predicted molar refractivity (Wildman–Crippen MR) is 113 cm³/mol. The Morgan fingerprint density at radius 1 is 1.10 bits per heavy atom. The monoisotopic (exact) mass is 384 g/mol. The number of nitriles is 3. The molecule has 3 rings (SSSR count). The van der Waals surface area contributed by atoms with Gasteiger partial charge in [0.2, 0.25) is 5.41 Å². The number of hydrogen-bond donors (Lipinski definition) is 1. The summed E-state index contributed by atoms with van der Waals surface area (Å²) in [6.45, 7) is 8.78. The van der Waals surface area contributed by atoms with Crippen molar-refractivity contribution in [2.45, 2.75) is 52.9 Å². The van der Waals surface area contributed by atoms with E-state index in [1.54, 1.807) is 0 Å². The lowest BCUT2D eigenvalue weighted by molar-refractivity contribution is 0.180. The fourth-order valence-electron chi connectivity index (χ4n) is 4.89. The van der Waals surface area contributed by atoms with Gasteiger partial charge in [0.15, 0.2) is 0 Å². The largest absolute Gasteiger partial charge is 0.399 e. The molecule has 0 aromatic heterocycles. The molecular weight excluding hydrogens is 356 g/mol. The van der Waals surface area contributed by atoms with Gasteiger partial charge in [-0.15, -0.1) is 0 Å². The third-order valence-corrected chi connectivity index (χ3v) is 6.83. The minimum atomic E-state index is -1.54. The number of rotatable bonds is 2. The molecule has 1 aromatic carbocycles. The molecule has 4 heteroatoms. The van der Waals surface area contributed by atoms with Gasteiger partial charge >= 0.3 is 0 Å². The van der Waals surface area contributed by atoms with Crippen LogP contribution in [0.5, 0.6) is 0 Å². The van der Waals surface area contributed by atoms with Crippen molar-refractivity contribution < 1.29 is 0 Å². The van der Waals surface area contributed by atoms with Crippen LogP contribution in [0.2, 0.25) is 0 Å². The normalized spacial score (nSPS) is 25.8. The van der Waals surface area contributed by atoms with E-state index in [2.05, 4.69) is 76.2 Å². The quantitative estimate of drug-likeness (QED) is 0.716. The van der Waals surface area contributed by atoms with Crippen molar-refractivity contribution in [1.29, 1.82) is 15.8 Å². The SMILES string of the molecule is CCc1ccc([C@@H]2C(C#N)=C(N)C(C#N)(C#N)C3=CC[C@H](C(C)(C)C)C[C@H]32)cc1. The molecule has 0 aliphatic heterocycles. The number of nitrogens with zero attached hydrogens (tertiary/aromatic N) is 3. The highest BCUT2D eigenvalue weighted by Gasteiger charge is 2.53. The summed E-state index contributed by atoms with van der Waals surface area (Å²) in [5.41, 5.74) is 8.44. The Balaban J connectivity index is 2.25. The van der Waals surface area contributed by atoms with Crippen LogP contribution in [0.3, 0.4) is 0 Å². The molecule has 0 saturated carbocycles. The van der Waals surface area contributed by atoms with Crippen molar-refractivity contribution in [2.24, 2.45) is 28.4 Å². The maximum absolute atomic E-state index is 10.0. The van der Waals surface area contributed by atoms with Gasteiger partial charge in [-0.25, -0.2) is 0 Å². The van der Waals surface area contributed by atoms with Gasteiger partial charge in [-0.3, -0.25) is 0 Å². The van der Waals surface area contributed by atoms with E-state index in [4.69, 9.17) is 5.73 Å². The van der Waals surface area contributed by atoms with Gasteiger partial charge in [0, 0.05) is 5.92 Å². The van der Waals surface area contributed by atoms with Gasteiger partial charge in [0.1, 0.15) is 0 Å². The smallest absolute Gasteiger partial charge is 0.204 e. The molecule has 148 valence electrons. The van der Waals surface area contributed by atoms with Crippen LogP contribution in [0.15, 0.2) is 47.2 Å². The standard InChI is InChI=1S/C25H28N4/c1-5-16-6-8-17(9-7-16)22-19-12-18(24(2,3)4)10-11-21(19)25(14-27,15-28)23(29)20(22)13-26/h6-9,11,18-19,22H,5,10,12,29H2,1-4H3/t18-,19+,22-/m0/s1. The summed E-state index contributed by atoms with van der Waals surface area (Å²) < 4.78 is 0. The molecule has 1 aromatic rings. The second-order valence-corrected chi connectivity index (χ2v) is 9.29. The molecule has 0 heterocycles. The molecule has 2 aliphatic rings. The van der Waals surface area contributed by atoms with Crippen molar-refractivity contribution >= 4 is 0 Å². The topological polar surface area (TPSA) is 97.4 Å². The third-order valence-electron chi connectivity index (χ3n) is 6.83. The summed E-state index contributed by atoms with van der Waals surface area (Å²) in [5, 5.41) is 30.0. The van der Waals surface area contributed by atoms with Crippen molar-refractivity contribution in [3.8, 4) is 18.2 Å². The van der Waals surface area contributed by atoms with Gasteiger partial charge in [0.25, 0.3) is 0 Å². The summed E-state index contributed by atoms with van der Waals surface area (Å²) >= 11 is 0. The van der Waals surface area contributed by atoms with Crippen LogP contribution >= 0.6 is 0 Å². The number of nitrogens with two attached hydrogens (primary N) is 1. The van der Waals surface area contributed by atoms with Crippen LogP contribution < -0.4 is 5.73 Å². The Morgan fingerprint density at radius 3 is 2.21 bits per heavy atom. The zero-order chi connectivity index (χ0) is 21.4. The van der Waals surface area contributed by atoms with Crippen LogP contribution in [0.4, 0.5) is 0 Å². The van der Waals surface area contributed by atoms with Crippen LogP contribution in [0, 0.1) is 56.7 Å². The Bertz CT molecular complexity index is 970. The summed E-state index contributed by atoms with van der Waals surface area (Å²) in [7, 11) is 0. The summed E-state index contributed by atoms with van der Waals surface area (Å²) in [4.78, 5) is 0. The molecule has 3 atom stereocenters. The van der Waals surface area contributed by atoms with E-state index < -0.39 is 5.41 Å². The van der Waals surface area contributed by atoms with E-state index in [0.717, 1.165) is 30.4 Å². The number of fused-ring (bicyclic) bond motifs is 1. The van der Waals surface area contributed by atoms with E-state index in [-0.39, 0.29) is 22.9 Å². The average molecular weight is 385 g/mol. The highest BCUT2D eigenvalue weighted by atomic mass is 14.7. The maximum Gasteiger partial charge on any atom is 0.204 e.